The van der Waals surface area contributed by atoms with Crippen LogP contribution < -0.4 is 10.6 Å². The quantitative estimate of drug-likeness (QED) is 0.757. The predicted octanol–water partition coefficient (Wildman–Crippen LogP) is 0.892. The van der Waals surface area contributed by atoms with E-state index in [2.05, 4.69) is 10.3 Å². The maximum Gasteiger partial charge on any atom is 0.437 e. The minimum atomic E-state index is -5.21. The third-order valence-electron chi connectivity index (χ3n) is 3.29. The normalized spacial score (nSPS) is 29.5. The Morgan fingerprint density at radius 1 is 1.48 bits per heavy atom. The molecule has 0 unspecified atom stereocenters. The van der Waals surface area contributed by atoms with Gasteiger partial charge in [-0.1, -0.05) is 6.07 Å². The molecule has 9 heteroatoms. The van der Waals surface area contributed by atoms with E-state index >= 15 is 0 Å². The van der Waals surface area contributed by atoms with Crippen LogP contribution in [0.4, 0.5) is 18.0 Å². The number of halogens is 3. The van der Waals surface area contributed by atoms with Crippen molar-refractivity contribution in [3.63, 3.8) is 0 Å². The maximum absolute atomic E-state index is 13.1. The highest BCUT2D eigenvalue weighted by molar-refractivity contribution is 5.86. The van der Waals surface area contributed by atoms with Crippen molar-refractivity contribution >= 4 is 11.8 Å². The largest absolute Gasteiger partial charge is 0.437 e. The average Bonchev–Trinajstić information content (AvgIpc) is 2.37. The summed E-state index contributed by atoms with van der Waals surface area (Å²) in [4.78, 5) is 26.9. The lowest BCUT2D eigenvalue weighted by Crippen LogP contribution is -2.72. The SMILES string of the molecule is CC(=O)[C@@H]1[C@@H](c2cccnc2)NC(=O)N[C@]1(O)C(F)(F)F. The third kappa shape index (κ3) is 2.56. The van der Waals surface area contributed by atoms with Gasteiger partial charge in [0.05, 0.1) is 12.0 Å². The maximum atomic E-state index is 13.1. The zero-order chi connectivity index (χ0) is 15.8. The minimum Gasteiger partial charge on any atom is -0.363 e. The molecule has 1 aliphatic heterocycles. The van der Waals surface area contributed by atoms with Crippen LogP contribution in [0, 0.1) is 5.92 Å². The Kier molecular flexibility index (Phi) is 3.62. The number of hydrogen-bond donors (Lipinski definition) is 3. The van der Waals surface area contributed by atoms with Gasteiger partial charge in [-0.3, -0.25) is 9.78 Å². The second-order valence-corrected chi connectivity index (χ2v) is 4.71. The van der Waals surface area contributed by atoms with Gasteiger partial charge in [-0.25, -0.2) is 4.79 Å². The molecule has 1 aromatic heterocycles. The number of nitrogens with zero attached hydrogens (tertiary/aromatic N) is 1. The number of carbonyl (C=O) groups is 2. The molecule has 0 bridgehead atoms. The molecule has 6 nitrogen and oxygen atoms in total. The lowest BCUT2D eigenvalue weighted by Gasteiger charge is -2.44. The van der Waals surface area contributed by atoms with E-state index < -0.39 is 35.7 Å². The highest BCUT2D eigenvalue weighted by atomic mass is 19.4. The Hall–Kier alpha value is -2.16. The molecule has 114 valence electrons. The van der Waals surface area contributed by atoms with E-state index in [-0.39, 0.29) is 5.56 Å². The lowest BCUT2D eigenvalue weighted by molar-refractivity contribution is -0.290. The number of alkyl halides is 3. The van der Waals surface area contributed by atoms with Crippen molar-refractivity contribution < 1.29 is 27.9 Å². The van der Waals surface area contributed by atoms with Crippen molar-refractivity contribution in [2.75, 3.05) is 0 Å². The molecule has 0 aliphatic carbocycles. The van der Waals surface area contributed by atoms with Crippen LogP contribution in [0.1, 0.15) is 18.5 Å². The molecular weight excluding hydrogens is 291 g/mol. The number of ketones is 1. The van der Waals surface area contributed by atoms with Crippen molar-refractivity contribution in [2.24, 2.45) is 5.92 Å². The van der Waals surface area contributed by atoms with Crippen molar-refractivity contribution in [2.45, 2.75) is 24.9 Å². The fraction of sp³-hybridized carbons (Fsp3) is 0.417. The summed E-state index contributed by atoms with van der Waals surface area (Å²) < 4.78 is 39.4. The van der Waals surface area contributed by atoms with E-state index in [1.165, 1.54) is 29.8 Å². The van der Waals surface area contributed by atoms with Crippen LogP contribution in [0.25, 0.3) is 0 Å². The Labute approximate surface area is 117 Å². The standard InChI is InChI=1S/C12H12F3N3O3/c1-6(19)8-9(7-3-2-4-16-5-7)17-10(20)18-11(8,21)12(13,14)15/h2-5,8-9,21H,1H3,(H2,17,18,20)/t8-,9-,11-/m1/s1. The van der Waals surface area contributed by atoms with E-state index in [4.69, 9.17) is 0 Å². The average molecular weight is 303 g/mol. The number of aliphatic hydroxyl groups is 1. The zero-order valence-corrected chi connectivity index (χ0v) is 10.8. The summed E-state index contributed by atoms with van der Waals surface area (Å²) in [5, 5.41) is 13.5. The van der Waals surface area contributed by atoms with Gasteiger partial charge >= 0.3 is 12.2 Å². The summed E-state index contributed by atoms with van der Waals surface area (Å²) in [6.45, 7) is 0.921. The van der Waals surface area contributed by atoms with Crippen LogP contribution in [0.3, 0.4) is 0 Å². The number of aromatic nitrogens is 1. The molecule has 1 saturated heterocycles. The van der Waals surface area contributed by atoms with Gasteiger partial charge < -0.3 is 15.7 Å². The Morgan fingerprint density at radius 2 is 2.14 bits per heavy atom. The monoisotopic (exact) mass is 303 g/mol. The van der Waals surface area contributed by atoms with E-state index in [1.54, 1.807) is 0 Å². The number of nitrogens with one attached hydrogen (secondary N) is 2. The van der Waals surface area contributed by atoms with Crippen LogP contribution in [-0.2, 0) is 4.79 Å². The minimum absolute atomic E-state index is 0.190. The fourth-order valence-corrected chi connectivity index (χ4v) is 2.36. The first-order valence-corrected chi connectivity index (χ1v) is 5.95. The van der Waals surface area contributed by atoms with Gasteiger partial charge in [-0.2, -0.15) is 13.2 Å². The second kappa shape index (κ2) is 4.99. The summed E-state index contributed by atoms with van der Waals surface area (Å²) >= 11 is 0. The predicted molar refractivity (Wildman–Crippen MR) is 63.8 cm³/mol. The summed E-state index contributed by atoms with van der Waals surface area (Å²) in [7, 11) is 0. The Bertz CT molecular complexity index is 564. The first-order chi connectivity index (χ1) is 9.67. The molecule has 2 amide bonds. The second-order valence-electron chi connectivity index (χ2n) is 4.71. The molecule has 1 fully saturated rings. The van der Waals surface area contributed by atoms with E-state index in [9.17, 15) is 27.9 Å². The van der Waals surface area contributed by atoms with Gasteiger partial charge in [-0.05, 0) is 18.6 Å². The van der Waals surface area contributed by atoms with Gasteiger partial charge in [0, 0.05) is 12.4 Å². The van der Waals surface area contributed by atoms with E-state index in [0.717, 1.165) is 6.92 Å². The first kappa shape index (κ1) is 15.2. The van der Waals surface area contributed by atoms with Crippen molar-refractivity contribution in [3.05, 3.63) is 30.1 Å². The summed E-state index contributed by atoms with van der Waals surface area (Å²) in [5.74, 6) is -2.85. The number of pyridine rings is 1. The number of Topliss-reactive ketones (excluding diaryl/α,β-unsaturated/α-hetero) is 1. The number of hydrogen-bond acceptors (Lipinski definition) is 4. The molecule has 2 rings (SSSR count). The van der Waals surface area contributed by atoms with Gasteiger partial charge in [0.2, 0.25) is 5.72 Å². The van der Waals surface area contributed by atoms with Crippen LogP contribution in [0.2, 0.25) is 0 Å². The number of amides is 2. The number of rotatable bonds is 2. The Morgan fingerprint density at radius 3 is 2.62 bits per heavy atom. The molecule has 0 saturated carbocycles. The summed E-state index contributed by atoms with van der Waals surface area (Å²) in [6, 6.07) is 0.307. The van der Waals surface area contributed by atoms with Crippen molar-refractivity contribution in [3.8, 4) is 0 Å². The van der Waals surface area contributed by atoms with Crippen molar-refractivity contribution in [1.29, 1.82) is 0 Å². The van der Waals surface area contributed by atoms with E-state index in [0.29, 0.717) is 0 Å². The first-order valence-electron chi connectivity index (χ1n) is 5.95. The van der Waals surface area contributed by atoms with E-state index in [1.807, 2.05) is 0 Å². The molecule has 0 aromatic carbocycles. The van der Waals surface area contributed by atoms with Crippen molar-refractivity contribution in [1.82, 2.24) is 15.6 Å². The highest BCUT2D eigenvalue weighted by Crippen LogP contribution is 2.42. The Balaban J connectivity index is 2.54. The molecule has 0 radical (unpaired) electrons. The number of urea groups is 1. The zero-order valence-electron chi connectivity index (χ0n) is 10.8. The van der Waals surface area contributed by atoms with Gasteiger partial charge in [0.15, 0.2) is 0 Å². The van der Waals surface area contributed by atoms with Gasteiger partial charge in [-0.15, -0.1) is 0 Å². The smallest absolute Gasteiger partial charge is 0.363 e. The highest BCUT2D eigenvalue weighted by Gasteiger charge is 2.65. The van der Waals surface area contributed by atoms with Crippen LogP contribution in [0.15, 0.2) is 24.5 Å². The van der Waals surface area contributed by atoms with Gasteiger partial charge in [0.1, 0.15) is 5.78 Å². The molecular formula is C12H12F3N3O3. The molecule has 3 atom stereocenters. The lowest BCUT2D eigenvalue weighted by atomic mass is 9.80. The van der Waals surface area contributed by atoms with Crippen LogP contribution >= 0.6 is 0 Å². The van der Waals surface area contributed by atoms with Gasteiger partial charge in [0.25, 0.3) is 0 Å². The molecule has 21 heavy (non-hydrogen) atoms. The molecule has 1 aliphatic rings. The summed E-state index contributed by atoms with van der Waals surface area (Å²) in [6.07, 6.45) is -2.59. The topological polar surface area (TPSA) is 91.3 Å². The number of carbonyl (C=O) groups excluding carboxylic acids is 2. The van der Waals surface area contributed by atoms with Crippen LogP contribution in [-0.4, -0.2) is 33.8 Å². The third-order valence-corrected chi connectivity index (χ3v) is 3.29. The molecule has 1 aromatic rings. The molecule has 0 spiro atoms. The van der Waals surface area contributed by atoms with Crippen LogP contribution in [0.5, 0.6) is 0 Å². The molecule has 2 heterocycles. The summed E-state index contributed by atoms with van der Waals surface area (Å²) in [5.41, 5.74) is -3.45. The fourth-order valence-electron chi connectivity index (χ4n) is 2.36. The molecule has 3 N–H and O–H groups in total.